The molecule has 2 aliphatic rings. The fraction of sp³-hybridized carbons (Fsp3) is 0.636. The lowest BCUT2D eigenvalue weighted by molar-refractivity contribution is -0.907. The van der Waals surface area contributed by atoms with Crippen molar-refractivity contribution in [3.05, 3.63) is 94.6 Å². The Morgan fingerprint density at radius 1 is 0.219 bits per heavy atom. The smallest absolute Gasteiger partial charge is 0.158 e. The minimum atomic E-state index is -5.17. The maximum absolute atomic E-state index is 8.52. The van der Waals surface area contributed by atoms with E-state index in [0.29, 0.717) is 0 Å². The summed E-state index contributed by atoms with van der Waals surface area (Å²) in [6.45, 7) is 25.9. The van der Waals surface area contributed by atoms with Crippen molar-refractivity contribution in [3.63, 3.8) is 0 Å². The van der Waals surface area contributed by atoms with Crippen LogP contribution < -0.4 is 62.1 Å². The average Bonchev–Trinajstić information content (AvgIpc) is 1.81. The van der Waals surface area contributed by atoms with Crippen LogP contribution in [0.25, 0.3) is 0 Å². The number of nitrogens with two attached hydrogens (primary N) is 8. The molecule has 0 radical (unpaired) electrons. The Morgan fingerprint density at radius 2 is 0.295 bits per heavy atom. The van der Waals surface area contributed by atoms with Crippen LogP contribution in [0.4, 0.5) is 0 Å². The van der Waals surface area contributed by atoms with Crippen LogP contribution in [0.3, 0.4) is 0 Å². The number of nitrogens with one attached hydrogen (secondary N) is 4. The maximum Gasteiger partial charge on any atom is 0.158 e. The number of rotatable bonds is 0. The molecule has 61 heteroatoms. The Bertz CT molecular complexity index is 2580. The van der Waals surface area contributed by atoms with E-state index < -0.39 is 62.4 Å². The largest absolute Gasteiger partial charge is 0.759 e. The summed E-state index contributed by atoms with van der Waals surface area (Å²) in [5.74, 6) is 8.74. The van der Waals surface area contributed by atoms with Gasteiger partial charge in [-0.15, -0.1) is 0 Å². The maximum atomic E-state index is 8.52. The van der Waals surface area contributed by atoms with Gasteiger partial charge in [0.2, 0.25) is 0 Å². The second-order valence-electron chi connectivity index (χ2n) is 20.0. The third kappa shape index (κ3) is 123. The molecule has 55 nitrogen and oxygen atoms in total. The first-order chi connectivity index (χ1) is 41.4. The van der Waals surface area contributed by atoms with Gasteiger partial charge >= 0.3 is 0 Å². The molecular formula is C44H118N12O43S6. The molecule has 2 aliphatic heterocycles. The minimum absolute atomic E-state index is 0. The Hall–Kier alpha value is -4.74. The van der Waals surface area contributed by atoms with Gasteiger partial charge < -0.3 is 217 Å². The van der Waals surface area contributed by atoms with Gasteiger partial charge in [0.15, 0.2) is 46.1 Å². The van der Waals surface area contributed by atoms with Gasteiger partial charge in [0.05, 0.1) is 28.2 Å². The van der Waals surface area contributed by atoms with E-state index in [9.17, 15) is 0 Å². The number of likely N-dealkylation sites (N-methyl/N-ethyl adjacent to an activating group) is 4. The SMILES string of the molecule is C[NH+]1CC[NH2+]Cc2ccc(o2)C[NH2+]CC[NH+](C)CC[NH2+]Cc2ccc(o2)C[NH2+]CC1.C[NH+]1CC[NH2+]Cc2ccc(o2)C[NH2+]CC[NH+](C)CC[NH2+]Cc2ccc(o2)C[NH2+]CC1.O.O.O.O.O.O.O.O.O.O.O.O.O.O.O.O=S(=O)([O-])[O-].O=S(=O)([O-])[O-].O=S(=O)([O-])[O-].O=S(=O)([O-])[O-].O=S(=O)([O-])[O-].O=S(=O)([O-])[O-]. The number of furan rings is 4. The molecule has 0 saturated heterocycles. The molecule has 0 amide bonds. The molecule has 50 N–H and O–H groups in total. The van der Waals surface area contributed by atoms with E-state index in [2.05, 4.69) is 119 Å². The molecule has 0 aliphatic carbocycles. The van der Waals surface area contributed by atoms with Crippen LogP contribution in [0, 0.1) is 0 Å². The fourth-order valence-electron chi connectivity index (χ4n) is 7.81. The monoisotopic (exact) mass is 1690 g/mol. The fourth-order valence-corrected chi connectivity index (χ4v) is 7.81. The molecule has 648 valence electrons. The van der Waals surface area contributed by atoms with E-state index in [4.69, 9.17) is 123 Å². The number of fused-ring (bicyclic) bond motifs is 8. The highest BCUT2D eigenvalue weighted by Gasteiger charge is 2.14. The van der Waals surface area contributed by atoms with Crippen LogP contribution in [0.15, 0.2) is 66.2 Å². The number of hydrogen-bond donors (Lipinski definition) is 12. The van der Waals surface area contributed by atoms with Crippen molar-refractivity contribution >= 4 is 62.4 Å². The highest BCUT2D eigenvalue weighted by atomic mass is 32.3. The Labute approximate surface area is 606 Å². The first-order valence-corrected chi connectivity index (χ1v) is 35.5. The second-order valence-corrected chi connectivity index (χ2v) is 24.9. The van der Waals surface area contributed by atoms with Gasteiger partial charge in [-0.1, -0.05) is 0 Å². The molecule has 4 aromatic heterocycles. The average molecular weight is 1700 g/mol. The standard InChI is InChI=1S/2C22H38N6O2.6H2O4S.15H2O/c2*1-27-11-7-23-15-19-3-5-21(29-19)17-25-9-13-28(2)14-10-26-18-22-6-4-20(30-22)16-24-8-12-27;6*1-5(2,3)4;;;;;;;;;;;;;;;/h2*3-6,23-26H,7-18H2,1-2H3;6*(H2,1,2,3,4);15*1H2. The zero-order valence-corrected chi connectivity index (χ0v) is 62.5. The van der Waals surface area contributed by atoms with Gasteiger partial charge in [-0.2, -0.15) is 0 Å². The van der Waals surface area contributed by atoms with E-state index >= 15 is 0 Å². The van der Waals surface area contributed by atoms with Gasteiger partial charge in [0.1, 0.15) is 157 Å². The van der Waals surface area contributed by atoms with Gasteiger partial charge in [0.25, 0.3) is 0 Å². The molecule has 6 heterocycles. The van der Waals surface area contributed by atoms with Crippen molar-refractivity contribution in [2.45, 2.75) is 52.4 Å². The predicted molar refractivity (Wildman–Crippen MR) is 342 cm³/mol. The Kier molecular flexibility index (Phi) is 105. The van der Waals surface area contributed by atoms with Crippen molar-refractivity contribution in [2.75, 3.05) is 133 Å². The summed E-state index contributed by atoms with van der Waals surface area (Å²) in [5.41, 5.74) is 0. The van der Waals surface area contributed by atoms with Crippen LogP contribution >= 0.6 is 0 Å². The van der Waals surface area contributed by atoms with Gasteiger partial charge in [-0.25, -0.2) is 0 Å². The van der Waals surface area contributed by atoms with E-state index in [-0.39, 0.29) is 82.1 Å². The second kappa shape index (κ2) is 77.4. The number of hydrogen-bond acceptors (Lipinski definition) is 28. The summed E-state index contributed by atoms with van der Waals surface area (Å²) >= 11 is 0. The van der Waals surface area contributed by atoms with Crippen molar-refractivity contribution in [1.29, 1.82) is 0 Å². The van der Waals surface area contributed by atoms with Crippen molar-refractivity contribution in [3.8, 4) is 0 Å². The molecule has 0 spiro atoms. The normalized spacial score (nSPS) is 17.1. The summed E-state index contributed by atoms with van der Waals surface area (Å²) in [6.07, 6.45) is 0. The van der Waals surface area contributed by atoms with Crippen LogP contribution in [-0.2, 0) is 115 Å². The lowest BCUT2D eigenvalue weighted by atomic mass is 10.4. The van der Waals surface area contributed by atoms with E-state index in [1.54, 1.807) is 19.6 Å². The van der Waals surface area contributed by atoms with Crippen LogP contribution in [0.5, 0.6) is 0 Å². The molecule has 105 heavy (non-hydrogen) atoms. The highest BCUT2D eigenvalue weighted by molar-refractivity contribution is 7.80. The molecule has 0 aromatic carbocycles. The zero-order chi connectivity index (χ0) is 69.0. The predicted octanol–water partition coefficient (Wildman–Crippen LogP) is -32.7. The molecule has 0 unspecified atom stereocenters. The van der Waals surface area contributed by atoms with Gasteiger partial charge in [0, 0.05) is 62.4 Å². The van der Waals surface area contributed by atoms with Crippen LogP contribution in [0.1, 0.15) is 46.1 Å². The molecule has 4 aromatic rings. The van der Waals surface area contributed by atoms with E-state index in [1.807, 2.05) is 0 Å². The van der Waals surface area contributed by atoms with Crippen LogP contribution in [-0.4, -0.2) is 320 Å². The quantitative estimate of drug-likeness (QED) is 0.0574. The molecule has 0 atom stereocenters. The summed E-state index contributed by atoms with van der Waals surface area (Å²) in [5, 5.41) is 18.9. The molecular weight excluding hydrogens is 1580 g/mol. The van der Waals surface area contributed by atoms with E-state index in [1.165, 1.54) is 52.4 Å². The van der Waals surface area contributed by atoms with Gasteiger partial charge in [-0.3, -0.25) is 50.5 Å². The van der Waals surface area contributed by atoms with Crippen LogP contribution in [0.2, 0.25) is 0 Å². The lowest BCUT2D eigenvalue weighted by Crippen LogP contribution is -3.14. The van der Waals surface area contributed by atoms with Crippen molar-refractivity contribution in [1.82, 2.24) is 0 Å². The van der Waals surface area contributed by atoms with Gasteiger partial charge in [-0.05, 0) is 48.5 Å². The molecule has 6 rings (SSSR count). The summed E-state index contributed by atoms with van der Waals surface area (Å²) in [7, 11) is -21.9. The molecule has 8 bridgehead atoms. The molecule has 0 saturated carbocycles. The third-order valence-electron chi connectivity index (χ3n) is 11.8. The first kappa shape index (κ1) is 142. The summed E-state index contributed by atoms with van der Waals surface area (Å²) in [4.78, 5) is 6.31. The van der Waals surface area contributed by atoms with Crippen molar-refractivity contribution < 1.29 is 267 Å². The summed E-state index contributed by atoms with van der Waals surface area (Å²) in [6, 6.07) is 17.1. The minimum Gasteiger partial charge on any atom is -0.759 e. The Morgan fingerprint density at radius 3 is 0.371 bits per heavy atom. The topological polar surface area (TPSA) is 1160 Å². The van der Waals surface area contributed by atoms with Crippen molar-refractivity contribution in [2.24, 2.45) is 0 Å². The lowest BCUT2D eigenvalue weighted by Gasteiger charge is -2.12. The molecule has 0 fully saturated rings. The highest BCUT2D eigenvalue weighted by Crippen LogP contribution is 2.07. The zero-order valence-electron chi connectivity index (χ0n) is 57.6. The summed E-state index contributed by atoms with van der Waals surface area (Å²) < 4.78 is 228. The number of quaternary nitrogens is 12. The van der Waals surface area contributed by atoms with E-state index in [0.717, 1.165) is 151 Å². The third-order valence-corrected chi connectivity index (χ3v) is 11.8. The Balaban J connectivity index is -0.0000000641. The first-order valence-electron chi connectivity index (χ1n) is 27.5.